The molecule has 0 saturated carbocycles. The van der Waals surface area contributed by atoms with Gasteiger partial charge < -0.3 is 20.5 Å². The lowest BCUT2D eigenvalue weighted by Crippen LogP contribution is -2.43. The number of benzene rings is 1. The van der Waals surface area contributed by atoms with Crippen molar-refractivity contribution in [1.29, 1.82) is 0 Å². The molecular weight excluding hydrogens is 326 g/mol. The summed E-state index contributed by atoms with van der Waals surface area (Å²) in [6.45, 7) is 12.3. The summed E-state index contributed by atoms with van der Waals surface area (Å²) in [5, 5.41) is 16.2. The molecule has 0 aliphatic carbocycles. The van der Waals surface area contributed by atoms with Crippen LogP contribution in [0.25, 0.3) is 0 Å². The van der Waals surface area contributed by atoms with Gasteiger partial charge in [0.15, 0.2) is 5.96 Å². The Morgan fingerprint density at radius 1 is 1.04 bits per heavy atom. The normalized spacial score (nSPS) is 12.3. The molecule has 0 saturated heterocycles. The van der Waals surface area contributed by atoms with Gasteiger partial charge in [0.2, 0.25) is 0 Å². The summed E-state index contributed by atoms with van der Waals surface area (Å²) in [5.74, 6) is 0.829. The van der Waals surface area contributed by atoms with Gasteiger partial charge in [-0.3, -0.25) is 0 Å². The minimum Gasteiger partial charge on any atom is -0.396 e. The number of hydrogen-bond acceptors (Lipinski definition) is 3. The Balaban J connectivity index is 2.67. The molecule has 5 nitrogen and oxygen atoms in total. The Morgan fingerprint density at radius 3 is 2.23 bits per heavy atom. The first-order valence-corrected chi connectivity index (χ1v) is 9.91. The molecule has 5 heteroatoms. The highest BCUT2D eigenvalue weighted by Crippen LogP contribution is 2.29. The molecule has 0 fully saturated rings. The van der Waals surface area contributed by atoms with Gasteiger partial charge in [0.25, 0.3) is 0 Å². The van der Waals surface area contributed by atoms with Gasteiger partial charge in [-0.05, 0) is 49.7 Å². The molecule has 0 atom stereocenters. The number of nitrogens with zero attached hydrogens (tertiary/aromatic N) is 1. The van der Waals surface area contributed by atoms with Crippen molar-refractivity contribution >= 4 is 5.96 Å². The van der Waals surface area contributed by atoms with Crippen LogP contribution in [0.5, 0.6) is 0 Å². The van der Waals surface area contributed by atoms with Crippen LogP contribution in [0.15, 0.2) is 29.3 Å². The van der Waals surface area contributed by atoms with Gasteiger partial charge in [-0.25, -0.2) is 4.99 Å². The molecule has 0 unspecified atom stereocenters. The smallest absolute Gasteiger partial charge is 0.191 e. The Morgan fingerprint density at radius 2 is 1.69 bits per heavy atom. The highest BCUT2D eigenvalue weighted by atomic mass is 16.5. The van der Waals surface area contributed by atoms with Crippen molar-refractivity contribution in [3.8, 4) is 0 Å². The Labute approximate surface area is 159 Å². The molecule has 26 heavy (non-hydrogen) atoms. The van der Waals surface area contributed by atoms with Crippen LogP contribution in [0.3, 0.4) is 0 Å². The summed E-state index contributed by atoms with van der Waals surface area (Å²) >= 11 is 0. The lowest BCUT2D eigenvalue weighted by molar-refractivity contribution is 0.134. The van der Waals surface area contributed by atoms with E-state index in [2.05, 4.69) is 55.7 Å². The monoisotopic (exact) mass is 363 g/mol. The summed E-state index contributed by atoms with van der Waals surface area (Å²) in [5.41, 5.74) is 2.48. The zero-order valence-corrected chi connectivity index (χ0v) is 17.0. The van der Waals surface area contributed by atoms with E-state index in [9.17, 15) is 5.11 Å². The number of aliphatic hydroxyl groups excluding tert-OH is 1. The van der Waals surface area contributed by atoms with Crippen molar-refractivity contribution in [2.75, 3.05) is 26.3 Å². The van der Waals surface area contributed by atoms with Gasteiger partial charge in [-0.2, -0.15) is 0 Å². The lowest BCUT2D eigenvalue weighted by atomic mass is 9.79. The van der Waals surface area contributed by atoms with Gasteiger partial charge in [-0.1, -0.05) is 38.1 Å². The molecule has 0 aliphatic heterocycles. The molecule has 0 aliphatic rings. The standard InChI is InChI=1S/C21H37N3O2/c1-5-21(6-2,13-14-25)17-24-20(22-7-3)23-15-18-9-11-19(12-10-18)16-26-8-4/h9-12,25H,5-8,13-17H2,1-4H3,(H2,22,23,24). The maximum Gasteiger partial charge on any atom is 0.191 e. The highest BCUT2D eigenvalue weighted by Gasteiger charge is 2.25. The third kappa shape index (κ3) is 7.75. The summed E-state index contributed by atoms with van der Waals surface area (Å²) < 4.78 is 5.43. The quantitative estimate of drug-likeness (QED) is 0.393. The van der Waals surface area contributed by atoms with Crippen LogP contribution in [0.2, 0.25) is 0 Å². The van der Waals surface area contributed by atoms with Crippen molar-refractivity contribution in [3.05, 3.63) is 35.4 Å². The van der Waals surface area contributed by atoms with Crippen molar-refractivity contribution in [1.82, 2.24) is 10.6 Å². The molecular formula is C21H37N3O2. The Hall–Kier alpha value is -1.59. The molecule has 3 N–H and O–H groups in total. The van der Waals surface area contributed by atoms with E-state index in [0.29, 0.717) is 13.2 Å². The molecule has 0 aromatic heterocycles. The first-order valence-electron chi connectivity index (χ1n) is 9.91. The van der Waals surface area contributed by atoms with Crippen molar-refractivity contribution in [2.45, 2.75) is 60.1 Å². The topological polar surface area (TPSA) is 65.9 Å². The van der Waals surface area contributed by atoms with E-state index in [1.54, 1.807) is 0 Å². The highest BCUT2D eigenvalue weighted by molar-refractivity contribution is 5.79. The number of aliphatic hydroxyl groups is 1. The number of rotatable bonds is 12. The second-order valence-corrected chi connectivity index (χ2v) is 6.68. The van der Waals surface area contributed by atoms with Crippen LogP contribution in [0.4, 0.5) is 0 Å². The number of ether oxygens (including phenoxy) is 1. The van der Waals surface area contributed by atoms with Gasteiger partial charge in [0.05, 0.1) is 13.2 Å². The third-order valence-corrected chi connectivity index (χ3v) is 5.03. The SMILES string of the molecule is CCNC(=NCc1ccc(COCC)cc1)NCC(CC)(CC)CCO. The summed E-state index contributed by atoms with van der Waals surface area (Å²) in [6, 6.07) is 8.41. The van der Waals surface area contributed by atoms with Crippen LogP contribution in [-0.2, 0) is 17.9 Å². The second kappa shape index (κ2) is 12.7. The average molecular weight is 364 g/mol. The van der Waals surface area contributed by atoms with Gasteiger partial charge in [0.1, 0.15) is 0 Å². The van der Waals surface area contributed by atoms with Crippen molar-refractivity contribution < 1.29 is 9.84 Å². The molecule has 0 bridgehead atoms. The lowest BCUT2D eigenvalue weighted by Gasteiger charge is -2.32. The fraction of sp³-hybridized carbons (Fsp3) is 0.667. The van der Waals surface area contributed by atoms with E-state index < -0.39 is 0 Å². The largest absolute Gasteiger partial charge is 0.396 e. The first-order chi connectivity index (χ1) is 12.6. The number of nitrogens with one attached hydrogen (secondary N) is 2. The molecule has 0 radical (unpaired) electrons. The summed E-state index contributed by atoms with van der Waals surface area (Å²) in [7, 11) is 0. The minimum atomic E-state index is 0.117. The first kappa shape index (κ1) is 22.5. The van der Waals surface area contributed by atoms with Gasteiger partial charge >= 0.3 is 0 Å². The Bertz CT molecular complexity index is 510. The summed E-state index contributed by atoms with van der Waals surface area (Å²) in [6.07, 6.45) is 2.89. The molecule has 0 amide bonds. The predicted molar refractivity (Wildman–Crippen MR) is 109 cm³/mol. The van der Waals surface area contributed by atoms with Crippen molar-refractivity contribution in [2.24, 2.45) is 10.4 Å². The molecule has 1 aromatic carbocycles. The number of guanidine groups is 1. The molecule has 0 spiro atoms. The van der Waals surface area contributed by atoms with E-state index in [-0.39, 0.29) is 12.0 Å². The minimum absolute atomic E-state index is 0.117. The number of hydrogen-bond donors (Lipinski definition) is 3. The summed E-state index contributed by atoms with van der Waals surface area (Å²) in [4.78, 5) is 4.71. The van der Waals surface area contributed by atoms with Crippen LogP contribution in [-0.4, -0.2) is 37.4 Å². The molecule has 1 rings (SSSR count). The molecule has 1 aromatic rings. The second-order valence-electron chi connectivity index (χ2n) is 6.68. The zero-order chi connectivity index (χ0) is 19.3. The zero-order valence-electron chi connectivity index (χ0n) is 17.0. The molecule has 148 valence electrons. The van der Waals surface area contributed by atoms with Gasteiger partial charge in [-0.15, -0.1) is 0 Å². The van der Waals surface area contributed by atoms with E-state index in [1.165, 1.54) is 11.1 Å². The third-order valence-electron chi connectivity index (χ3n) is 5.03. The fourth-order valence-corrected chi connectivity index (χ4v) is 2.92. The maximum atomic E-state index is 9.38. The van der Waals surface area contributed by atoms with Crippen LogP contribution >= 0.6 is 0 Å². The fourth-order valence-electron chi connectivity index (χ4n) is 2.92. The van der Waals surface area contributed by atoms with Gasteiger partial charge in [0, 0.05) is 26.3 Å². The van der Waals surface area contributed by atoms with Crippen molar-refractivity contribution in [3.63, 3.8) is 0 Å². The van der Waals surface area contributed by atoms with E-state index in [0.717, 1.165) is 44.9 Å². The maximum absolute atomic E-state index is 9.38. The molecule has 0 heterocycles. The predicted octanol–water partition coefficient (Wildman–Crippen LogP) is 3.47. The van der Waals surface area contributed by atoms with Crippen LogP contribution in [0, 0.1) is 5.41 Å². The van der Waals surface area contributed by atoms with Crippen LogP contribution < -0.4 is 10.6 Å². The average Bonchev–Trinajstić information content (AvgIpc) is 2.68. The van der Waals surface area contributed by atoms with E-state index in [4.69, 9.17) is 9.73 Å². The Kier molecular flexibility index (Phi) is 11.0. The number of aliphatic imine (C=N–C) groups is 1. The van der Waals surface area contributed by atoms with E-state index >= 15 is 0 Å². The van der Waals surface area contributed by atoms with Crippen LogP contribution in [0.1, 0.15) is 58.1 Å². The van der Waals surface area contributed by atoms with E-state index in [1.807, 2.05) is 6.92 Å².